The number of aromatic nitrogens is 2. The first-order valence-corrected chi connectivity index (χ1v) is 10.3. The Morgan fingerprint density at radius 2 is 1.76 bits per heavy atom. The van der Waals surface area contributed by atoms with Crippen molar-refractivity contribution in [1.82, 2.24) is 15.1 Å². The highest BCUT2D eigenvalue weighted by Gasteiger charge is 2.42. The van der Waals surface area contributed by atoms with Gasteiger partial charge in [-0.3, -0.25) is 14.9 Å². The molecule has 2 atom stereocenters. The fourth-order valence-corrected chi connectivity index (χ4v) is 4.47. The second-order valence-corrected chi connectivity index (χ2v) is 8.44. The molecule has 0 bridgehead atoms. The standard InChI is InChI=1S/C22H22N4O2S/c1-13(2)20-24-25-22(29-20)23-19(27)17-15-11-7-8-12-16(15)21(28)26(3)18(17)14-9-5-4-6-10-14/h4-13,17-18H,1-3H3,(H,23,25,27)/t17-,18+/m0/s1. The van der Waals surface area contributed by atoms with Gasteiger partial charge in [0.15, 0.2) is 0 Å². The summed E-state index contributed by atoms with van der Waals surface area (Å²) in [5.41, 5.74) is 2.20. The molecule has 1 N–H and O–H groups in total. The highest BCUT2D eigenvalue weighted by molar-refractivity contribution is 7.15. The molecule has 0 fully saturated rings. The van der Waals surface area contributed by atoms with Crippen molar-refractivity contribution < 1.29 is 9.59 Å². The zero-order chi connectivity index (χ0) is 20.5. The predicted molar refractivity (Wildman–Crippen MR) is 113 cm³/mol. The van der Waals surface area contributed by atoms with Gasteiger partial charge in [-0.25, -0.2) is 0 Å². The number of nitrogens with zero attached hydrogens (tertiary/aromatic N) is 3. The monoisotopic (exact) mass is 406 g/mol. The maximum Gasteiger partial charge on any atom is 0.254 e. The number of nitrogens with one attached hydrogen (secondary N) is 1. The molecule has 148 valence electrons. The van der Waals surface area contributed by atoms with Crippen molar-refractivity contribution in [3.05, 3.63) is 76.3 Å². The molecule has 6 nitrogen and oxygen atoms in total. The van der Waals surface area contributed by atoms with Gasteiger partial charge < -0.3 is 4.90 Å². The first-order valence-electron chi connectivity index (χ1n) is 9.52. The maximum absolute atomic E-state index is 13.4. The average Bonchev–Trinajstić information content (AvgIpc) is 3.20. The second-order valence-electron chi connectivity index (χ2n) is 7.43. The van der Waals surface area contributed by atoms with Crippen LogP contribution in [0.4, 0.5) is 5.13 Å². The largest absolute Gasteiger partial charge is 0.334 e. The Balaban J connectivity index is 1.76. The summed E-state index contributed by atoms with van der Waals surface area (Å²) in [6, 6.07) is 16.6. The molecular formula is C22H22N4O2S. The molecule has 1 aromatic heterocycles. The molecule has 0 saturated carbocycles. The number of fused-ring (bicyclic) bond motifs is 1. The predicted octanol–water partition coefficient (Wildman–Crippen LogP) is 4.21. The lowest BCUT2D eigenvalue weighted by Crippen LogP contribution is -2.44. The van der Waals surface area contributed by atoms with Crippen LogP contribution in [-0.2, 0) is 4.79 Å². The zero-order valence-corrected chi connectivity index (χ0v) is 17.3. The van der Waals surface area contributed by atoms with Crippen LogP contribution in [0.2, 0.25) is 0 Å². The van der Waals surface area contributed by atoms with Crippen molar-refractivity contribution in [1.29, 1.82) is 0 Å². The Hall–Kier alpha value is -3.06. The zero-order valence-electron chi connectivity index (χ0n) is 16.5. The molecule has 2 amide bonds. The lowest BCUT2D eigenvalue weighted by atomic mass is 9.79. The summed E-state index contributed by atoms with van der Waals surface area (Å²) in [6.45, 7) is 4.07. The van der Waals surface area contributed by atoms with Crippen LogP contribution in [0.5, 0.6) is 0 Å². The van der Waals surface area contributed by atoms with Gasteiger partial charge in [-0.1, -0.05) is 73.7 Å². The molecule has 0 aliphatic carbocycles. The van der Waals surface area contributed by atoms with E-state index in [4.69, 9.17) is 0 Å². The molecule has 1 aliphatic rings. The maximum atomic E-state index is 13.4. The second kappa shape index (κ2) is 7.75. The van der Waals surface area contributed by atoms with Gasteiger partial charge in [-0.15, -0.1) is 10.2 Å². The van der Waals surface area contributed by atoms with E-state index in [1.165, 1.54) is 11.3 Å². The van der Waals surface area contributed by atoms with Crippen LogP contribution in [0.1, 0.15) is 58.2 Å². The van der Waals surface area contributed by atoms with Gasteiger partial charge in [-0.05, 0) is 17.2 Å². The minimum absolute atomic E-state index is 0.0866. The van der Waals surface area contributed by atoms with E-state index in [2.05, 4.69) is 15.5 Å². The highest BCUT2D eigenvalue weighted by atomic mass is 32.1. The smallest absolute Gasteiger partial charge is 0.254 e. The third kappa shape index (κ3) is 3.53. The van der Waals surface area contributed by atoms with E-state index >= 15 is 0 Å². The normalized spacial score (nSPS) is 18.6. The number of carbonyl (C=O) groups is 2. The molecule has 1 aliphatic heterocycles. The van der Waals surface area contributed by atoms with Gasteiger partial charge in [0.05, 0.1) is 12.0 Å². The van der Waals surface area contributed by atoms with E-state index in [1.807, 2.05) is 62.4 Å². The van der Waals surface area contributed by atoms with E-state index in [0.717, 1.165) is 16.1 Å². The van der Waals surface area contributed by atoms with Crippen molar-refractivity contribution in [2.24, 2.45) is 0 Å². The third-order valence-electron chi connectivity index (χ3n) is 5.17. The van der Waals surface area contributed by atoms with Crippen molar-refractivity contribution in [2.75, 3.05) is 12.4 Å². The van der Waals surface area contributed by atoms with Crippen LogP contribution in [0.25, 0.3) is 0 Å². The minimum atomic E-state index is -0.553. The van der Waals surface area contributed by atoms with Crippen molar-refractivity contribution in [3.63, 3.8) is 0 Å². The molecule has 29 heavy (non-hydrogen) atoms. The molecular weight excluding hydrogens is 384 g/mol. The van der Waals surface area contributed by atoms with Gasteiger partial charge in [0, 0.05) is 18.5 Å². The van der Waals surface area contributed by atoms with E-state index < -0.39 is 12.0 Å². The van der Waals surface area contributed by atoms with Crippen LogP contribution in [0, 0.1) is 0 Å². The van der Waals surface area contributed by atoms with E-state index in [0.29, 0.717) is 10.7 Å². The molecule has 2 aromatic carbocycles. The Labute approximate surface area is 173 Å². The van der Waals surface area contributed by atoms with Gasteiger partial charge in [-0.2, -0.15) is 0 Å². The Kier molecular flexibility index (Phi) is 5.15. The van der Waals surface area contributed by atoms with Crippen LogP contribution < -0.4 is 5.32 Å². The lowest BCUT2D eigenvalue weighted by Gasteiger charge is -2.39. The Morgan fingerprint density at radius 3 is 2.45 bits per heavy atom. The number of benzene rings is 2. The topological polar surface area (TPSA) is 75.2 Å². The lowest BCUT2D eigenvalue weighted by molar-refractivity contribution is -0.119. The fourth-order valence-electron chi connectivity index (χ4n) is 3.73. The van der Waals surface area contributed by atoms with Crippen LogP contribution >= 0.6 is 11.3 Å². The summed E-state index contributed by atoms with van der Waals surface area (Å²) in [4.78, 5) is 28.1. The van der Waals surface area contributed by atoms with Crippen LogP contribution in [-0.4, -0.2) is 34.0 Å². The first kappa shape index (κ1) is 19.3. The summed E-state index contributed by atoms with van der Waals surface area (Å²) in [7, 11) is 1.75. The summed E-state index contributed by atoms with van der Waals surface area (Å²) < 4.78 is 0. The first-order chi connectivity index (χ1) is 14.0. The molecule has 4 rings (SSSR count). The third-order valence-corrected chi connectivity index (χ3v) is 6.31. The van der Waals surface area contributed by atoms with E-state index in [-0.39, 0.29) is 17.7 Å². The number of hydrogen-bond acceptors (Lipinski definition) is 5. The van der Waals surface area contributed by atoms with Gasteiger partial charge in [0.25, 0.3) is 5.91 Å². The van der Waals surface area contributed by atoms with E-state index in [1.54, 1.807) is 18.0 Å². The summed E-state index contributed by atoms with van der Waals surface area (Å²) in [5, 5.41) is 12.5. The van der Waals surface area contributed by atoms with Crippen LogP contribution in [0.3, 0.4) is 0 Å². The number of anilines is 1. The number of hydrogen-bond donors (Lipinski definition) is 1. The number of rotatable bonds is 4. The minimum Gasteiger partial charge on any atom is -0.334 e. The molecule has 0 spiro atoms. The SMILES string of the molecule is CC(C)c1nnc(NC(=O)[C@H]2c3ccccc3C(=O)N(C)[C@@H]2c2ccccc2)s1. The molecule has 7 heteroatoms. The molecule has 3 aromatic rings. The highest BCUT2D eigenvalue weighted by Crippen LogP contribution is 2.42. The number of carbonyl (C=O) groups excluding carboxylic acids is 2. The summed E-state index contributed by atoms with van der Waals surface area (Å²) >= 11 is 1.38. The number of amides is 2. The average molecular weight is 407 g/mol. The molecule has 0 radical (unpaired) electrons. The fraction of sp³-hybridized carbons (Fsp3) is 0.273. The van der Waals surface area contributed by atoms with Crippen LogP contribution in [0.15, 0.2) is 54.6 Å². The molecule has 0 saturated heterocycles. The van der Waals surface area contributed by atoms with Gasteiger partial charge >= 0.3 is 0 Å². The Bertz CT molecular complexity index is 1050. The molecule has 2 heterocycles. The van der Waals surface area contributed by atoms with Crippen molar-refractivity contribution >= 4 is 28.3 Å². The van der Waals surface area contributed by atoms with Crippen molar-refractivity contribution in [3.8, 4) is 0 Å². The summed E-state index contributed by atoms with van der Waals surface area (Å²) in [6.07, 6.45) is 0. The quantitative estimate of drug-likeness (QED) is 0.704. The van der Waals surface area contributed by atoms with Crippen molar-refractivity contribution in [2.45, 2.75) is 31.7 Å². The Morgan fingerprint density at radius 1 is 1.07 bits per heavy atom. The molecule has 0 unspecified atom stereocenters. The van der Waals surface area contributed by atoms with E-state index in [9.17, 15) is 9.59 Å². The van der Waals surface area contributed by atoms with Gasteiger partial charge in [0.1, 0.15) is 5.01 Å². The summed E-state index contributed by atoms with van der Waals surface area (Å²) in [5.74, 6) is -0.592. The van der Waals surface area contributed by atoms with Gasteiger partial charge in [0.2, 0.25) is 11.0 Å². The number of likely N-dealkylation sites (N-methyl/N-ethyl adjacent to an activating group) is 1.